The van der Waals surface area contributed by atoms with E-state index in [-0.39, 0.29) is 17.8 Å². The van der Waals surface area contributed by atoms with Crippen LogP contribution in [0, 0.1) is 5.92 Å². The maximum Gasteiger partial charge on any atom is 0.313 e. The summed E-state index contributed by atoms with van der Waals surface area (Å²) in [6.07, 6.45) is 0. The Morgan fingerprint density at radius 1 is 1.20 bits per heavy atom. The van der Waals surface area contributed by atoms with Gasteiger partial charge >= 0.3 is 5.97 Å². The zero-order valence-electron chi connectivity index (χ0n) is 12.7. The van der Waals surface area contributed by atoms with Gasteiger partial charge in [0.25, 0.3) is 0 Å². The second-order valence-electron chi connectivity index (χ2n) is 4.85. The van der Waals surface area contributed by atoms with Gasteiger partial charge in [-0.2, -0.15) is 0 Å². The molecule has 1 rings (SSSR count). The van der Waals surface area contributed by atoms with E-state index in [0.29, 0.717) is 19.8 Å². The zero-order chi connectivity index (χ0) is 15.0. The number of carbonyl (C=O) groups is 1. The molecule has 0 radical (unpaired) electrons. The van der Waals surface area contributed by atoms with Gasteiger partial charge < -0.3 is 14.2 Å². The Labute approximate surface area is 121 Å². The molecule has 0 heterocycles. The molecule has 0 amide bonds. The molecule has 0 spiro atoms. The molecule has 1 atom stereocenters. The van der Waals surface area contributed by atoms with Crippen LogP contribution in [0.1, 0.15) is 32.3 Å². The van der Waals surface area contributed by atoms with E-state index in [1.54, 1.807) is 7.11 Å². The molecule has 0 bridgehead atoms. The molecule has 112 valence electrons. The molecular weight excluding hydrogens is 256 g/mol. The van der Waals surface area contributed by atoms with E-state index >= 15 is 0 Å². The van der Waals surface area contributed by atoms with Crippen LogP contribution in [0.5, 0.6) is 5.75 Å². The van der Waals surface area contributed by atoms with Crippen molar-refractivity contribution in [3.63, 3.8) is 0 Å². The lowest BCUT2D eigenvalue weighted by Crippen LogP contribution is -2.22. The quantitative estimate of drug-likeness (QED) is 0.542. The minimum Gasteiger partial charge on any atom is -0.491 e. The van der Waals surface area contributed by atoms with E-state index in [9.17, 15) is 4.79 Å². The van der Waals surface area contributed by atoms with Crippen molar-refractivity contribution in [1.82, 2.24) is 0 Å². The molecule has 1 aromatic rings. The van der Waals surface area contributed by atoms with Gasteiger partial charge in [0.15, 0.2) is 0 Å². The SMILES string of the molecule is CCOC(=O)C(c1ccccc1OCCOC)C(C)C. The molecule has 0 aliphatic carbocycles. The first-order valence-corrected chi connectivity index (χ1v) is 6.99. The molecular formula is C16H24O4. The summed E-state index contributed by atoms with van der Waals surface area (Å²) >= 11 is 0. The van der Waals surface area contributed by atoms with E-state index in [0.717, 1.165) is 11.3 Å². The van der Waals surface area contributed by atoms with E-state index < -0.39 is 0 Å². The van der Waals surface area contributed by atoms with Crippen LogP contribution in [0.25, 0.3) is 0 Å². The number of carbonyl (C=O) groups excluding carboxylic acids is 1. The highest BCUT2D eigenvalue weighted by atomic mass is 16.5. The molecule has 0 saturated heterocycles. The lowest BCUT2D eigenvalue weighted by atomic mass is 9.88. The molecule has 0 N–H and O–H groups in total. The maximum atomic E-state index is 12.2. The van der Waals surface area contributed by atoms with Crippen molar-refractivity contribution < 1.29 is 19.0 Å². The number of benzene rings is 1. The van der Waals surface area contributed by atoms with Crippen LogP contribution in [0.4, 0.5) is 0 Å². The molecule has 20 heavy (non-hydrogen) atoms. The van der Waals surface area contributed by atoms with Gasteiger partial charge in [-0.15, -0.1) is 0 Å². The second kappa shape index (κ2) is 8.59. The molecule has 1 unspecified atom stereocenters. The van der Waals surface area contributed by atoms with Gasteiger partial charge in [0.2, 0.25) is 0 Å². The van der Waals surface area contributed by atoms with Gasteiger partial charge in [-0.05, 0) is 18.9 Å². The summed E-state index contributed by atoms with van der Waals surface area (Å²) in [6, 6.07) is 7.60. The summed E-state index contributed by atoms with van der Waals surface area (Å²) in [5.41, 5.74) is 0.872. The average Bonchev–Trinajstić information content (AvgIpc) is 2.41. The van der Waals surface area contributed by atoms with Gasteiger partial charge in [-0.3, -0.25) is 4.79 Å². The molecule has 0 aliphatic rings. The molecule has 4 heteroatoms. The number of rotatable bonds is 8. The first kappa shape index (κ1) is 16.5. The monoisotopic (exact) mass is 280 g/mol. The number of hydrogen-bond acceptors (Lipinski definition) is 4. The van der Waals surface area contributed by atoms with Crippen LogP contribution in [-0.4, -0.2) is 32.9 Å². The summed E-state index contributed by atoms with van der Waals surface area (Å²) in [4.78, 5) is 12.2. The minimum absolute atomic E-state index is 0.140. The molecule has 4 nitrogen and oxygen atoms in total. The van der Waals surface area contributed by atoms with Crippen LogP contribution in [0.2, 0.25) is 0 Å². The molecule has 0 fully saturated rings. The smallest absolute Gasteiger partial charge is 0.313 e. The van der Waals surface area contributed by atoms with Gasteiger partial charge in [0.05, 0.1) is 19.1 Å². The molecule has 0 saturated carbocycles. The van der Waals surface area contributed by atoms with E-state index in [4.69, 9.17) is 14.2 Å². The number of hydrogen-bond donors (Lipinski definition) is 0. The van der Waals surface area contributed by atoms with Crippen LogP contribution in [0.3, 0.4) is 0 Å². The topological polar surface area (TPSA) is 44.8 Å². The first-order chi connectivity index (χ1) is 9.61. The fraction of sp³-hybridized carbons (Fsp3) is 0.562. The van der Waals surface area contributed by atoms with E-state index in [1.165, 1.54) is 0 Å². The van der Waals surface area contributed by atoms with Crippen molar-refractivity contribution in [2.45, 2.75) is 26.7 Å². The maximum absolute atomic E-state index is 12.2. The largest absolute Gasteiger partial charge is 0.491 e. The summed E-state index contributed by atoms with van der Waals surface area (Å²) < 4.78 is 15.9. The Morgan fingerprint density at radius 3 is 2.50 bits per heavy atom. The first-order valence-electron chi connectivity index (χ1n) is 6.99. The lowest BCUT2D eigenvalue weighted by Gasteiger charge is -2.22. The Kier molecular flexibility index (Phi) is 7.09. The van der Waals surface area contributed by atoms with Crippen molar-refractivity contribution >= 4 is 5.97 Å². The van der Waals surface area contributed by atoms with Crippen LogP contribution >= 0.6 is 0 Å². The van der Waals surface area contributed by atoms with Gasteiger partial charge in [0.1, 0.15) is 12.4 Å². The minimum atomic E-state index is -0.311. The zero-order valence-corrected chi connectivity index (χ0v) is 12.7. The van der Waals surface area contributed by atoms with Crippen LogP contribution in [0.15, 0.2) is 24.3 Å². The third-order valence-electron chi connectivity index (χ3n) is 3.01. The standard InChI is InChI=1S/C16H24O4/c1-5-19-16(17)15(12(2)3)13-8-6-7-9-14(13)20-11-10-18-4/h6-9,12,15H,5,10-11H2,1-4H3. The summed E-state index contributed by atoms with van der Waals surface area (Å²) in [6.45, 7) is 7.19. The molecule has 0 aliphatic heterocycles. The Morgan fingerprint density at radius 2 is 1.90 bits per heavy atom. The van der Waals surface area contributed by atoms with E-state index in [2.05, 4.69) is 0 Å². The van der Waals surface area contributed by atoms with Crippen LogP contribution < -0.4 is 4.74 Å². The Hall–Kier alpha value is -1.55. The van der Waals surface area contributed by atoms with Gasteiger partial charge in [-0.25, -0.2) is 0 Å². The summed E-state index contributed by atoms with van der Waals surface area (Å²) in [5.74, 6) is 0.344. The molecule has 0 aromatic heterocycles. The second-order valence-corrected chi connectivity index (χ2v) is 4.85. The van der Waals surface area contributed by atoms with Crippen molar-refractivity contribution in [2.75, 3.05) is 26.9 Å². The third kappa shape index (κ3) is 4.53. The lowest BCUT2D eigenvalue weighted by molar-refractivity contribution is -0.146. The number of esters is 1. The third-order valence-corrected chi connectivity index (χ3v) is 3.01. The highest BCUT2D eigenvalue weighted by Crippen LogP contribution is 2.33. The Balaban J connectivity index is 2.97. The normalized spacial score (nSPS) is 12.2. The average molecular weight is 280 g/mol. The fourth-order valence-corrected chi connectivity index (χ4v) is 2.09. The summed E-state index contributed by atoms with van der Waals surface area (Å²) in [5, 5.41) is 0. The molecule has 1 aromatic carbocycles. The van der Waals surface area contributed by atoms with Gasteiger partial charge in [-0.1, -0.05) is 32.0 Å². The van der Waals surface area contributed by atoms with Crippen molar-refractivity contribution in [3.05, 3.63) is 29.8 Å². The highest BCUT2D eigenvalue weighted by Gasteiger charge is 2.28. The summed E-state index contributed by atoms with van der Waals surface area (Å²) in [7, 11) is 1.63. The van der Waals surface area contributed by atoms with Gasteiger partial charge in [0, 0.05) is 12.7 Å². The van der Waals surface area contributed by atoms with Crippen molar-refractivity contribution in [1.29, 1.82) is 0 Å². The van der Waals surface area contributed by atoms with Crippen molar-refractivity contribution in [3.8, 4) is 5.75 Å². The highest BCUT2D eigenvalue weighted by molar-refractivity contribution is 5.79. The Bertz CT molecular complexity index is 415. The van der Waals surface area contributed by atoms with E-state index in [1.807, 2.05) is 45.0 Å². The van der Waals surface area contributed by atoms with Crippen LogP contribution in [-0.2, 0) is 14.3 Å². The fourth-order valence-electron chi connectivity index (χ4n) is 2.09. The predicted molar refractivity (Wildman–Crippen MR) is 78.0 cm³/mol. The predicted octanol–water partition coefficient (Wildman–Crippen LogP) is 3.01. The number of ether oxygens (including phenoxy) is 3. The number of para-hydroxylation sites is 1. The number of methoxy groups -OCH3 is 1. The van der Waals surface area contributed by atoms with Crippen molar-refractivity contribution in [2.24, 2.45) is 5.92 Å².